The zero-order chi connectivity index (χ0) is 13.5. The largest absolute Gasteiger partial charge is 0.378 e. The van der Waals surface area contributed by atoms with E-state index in [9.17, 15) is 0 Å². The Bertz CT molecular complexity index is 352. The van der Waals surface area contributed by atoms with E-state index in [1.54, 1.807) is 0 Å². The topological polar surface area (TPSA) is 21.3 Å². The van der Waals surface area contributed by atoms with Gasteiger partial charge in [0.15, 0.2) is 0 Å². The molecule has 1 aliphatic rings. The van der Waals surface area contributed by atoms with E-state index in [-0.39, 0.29) is 0 Å². The first-order chi connectivity index (χ1) is 9.31. The van der Waals surface area contributed by atoms with E-state index in [1.165, 1.54) is 31.2 Å². The van der Waals surface area contributed by atoms with Crippen LogP contribution >= 0.6 is 0 Å². The molecule has 106 valence electrons. The van der Waals surface area contributed by atoms with Crippen LogP contribution in [0.5, 0.6) is 0 Å². The molecular formula is C17H27NO. The highest BCUT2D eigenvalue weighted by Gasteiger charge is 2.30. The molecule has 0 amide bonds. The smallest absolute Gasteiger partial charge is 0.0590 e. The van der Waals surface area contributed by atoms with Crippen LogP contribution in [0.25, 0.3) is 0 Å². The zero-order valence-corrected chi connectivity index (χ0v) is 12.3. The van der Waals surface area contributed by atoms with Crippen LogP contribution in [0.1, 0.15) is 38.7 Å². The molecular weight excluding hydrogens is 234 g/mol. The van der Waals surface area contributed by atoms with Crippen LogP contribution in [-0.2, 0) is 11.2 Å². The summed E-state index contributed by atoms with van der Waals surface area (Å²) in [5.74, 6) is 0.690. The Balaban J connectivity index is 1.80. The summed E-state index contributed by atoms with van der Waals surface area (Å²) in [6.45, 7) is 6.41. The number of benzene rings is 1. The molecule has 0 radical (unpaired) electrons. The molecule has 2 nitrogen and oxygen atoms in total. The van der Waals surface area contributed by atoms with Crippen LogP contribution in [0, 0.1) is 5.92 Å². The average Bonchev–Trinajstić information content (AvgIpc) is 2.85. The third-order valence-electron chi connectivity index (χ3n) is 4.24. The van der Waals surface area contributed by atoms with Crippen LogP contribution in [-0.4, -0.2) is 25.3 Å². The van der Waals surface area contributed by atoms with Gasteiger partial charge in [0.05, 0.1) is 6.10 Å². The van der Waals surface area contributed by atoms with Crippen molar-refractivity contribution in [2.45, 2.75) is 51.7 Å². The fourth-order valence-electron chi connectivity index (χ4n) is 3.18. The number of rotatable bonds is 7. The van der Waals surface area contributed by atoms with Gasteiger partial charge in [-0.1, -0.05) is 37.3 Å². The van der Waals surface area contributed by atoms with Crippen molar-refractivity contribution in [2.75, 3.05) is 13.2 Å². The Morgan fingerprint density at radius 1 is 1.32 bits per heavy atom. The highest BCUT2D eigenvalue weighted by Crippen LogP contribution is 2.26. The second kappa shape index (κ2) is 7.66. The van der Waals surface area contributed by atoms with Gasteiger partial charge in [-0.15, -0.1) is 0 Å². The number of hydrogen-bond donors (Lipinski definition) is 1. The molecule has 1 heterocycles. The highest BCUT2D eigenvalue weighted by molar-refractivity contribution is 5.14. The predicted molar refractivity (Wildman–Crippen MR) is 80.4 cm³/mol. The van der Waals surface area contributed by atoms with Gasteiger partial charge in [-0.05, 0) is 44.7 Å². The fourth-order valence-corrected chi connectivity index (χ4v) is 3.18. The SMILES string of the molecule is CCNC(CCCc1ccccc1)C1CCOC1C. The molecule has 1 aliphatic heterocycles. The number of aryl methyl sites for hydroxylation is 1. The molecule has 1 fully saturated rings. The van der Waals surface area contributed by atoms with Crippen molar-refractivity contribution in [3.05, 3.63) is 35.9 Å². The second-order valence-electron chi connectivity index (χ2n) is 5.57. The van der Waals surface area contributed by atoms with Crippen LogP contribution < -0.4 is 5.32 Å². The lowest BCUT2D eigenvalue weighted by atomic mass is 9.89. The molecule has 1 aromatic rings. The van der Waals surface area contributed by atoms with Crippen LogP contribution in [0.4, 0.5) is 0 Å². The summed E-state index contributed by atoms with van der Waals surface area (Å²) in [6, 6.07) is 11.4. The first kappa shape index (κ1) is 14.5. The normalized spacial score (nSPS) is 24.5. The van der Waals surface area contributed by atoms with E-state index in [0.29, 0.717) is 18.1 Å². The van der Waals surface area contributed by atoms with Crippen LogP contribution in [0.2, 0.25) is 0 Å². The van der Waals surface area contributed by atoms with Crippen molar-refractivity contribution in [3.8, 4) is 0 Å². The quantitative estimate of drug-likeness (QED) is 0.812. The van der Waals surface area contributed by atoms with E-state index in [4.69, 9.17) is 4.74 Å². The van der Waals surface area contributed by atoms with Gasteiger partial charge in [0, 0.05) is 18.6 Å². The predicted octanol–water partition coefficient (Wildman–Crippen LogP) is 3.41. The minimum atomic E-state index is 0.417. The summed E-state index contributed by atoms with van der Waals surface area (Å²) < 4.78 is 5.72. The maximum Gasteiger partial charge on any atom is 0.0590 e. The van der Waals surface area contributed by atoms with Crippen LogP contribution in [0.15, 0.2) is 30.3 Å². The molecule has 0 aliphatic carbocycles. The first-order valence-electron chi connectivity index (χ1n) is 7.70. The number of hydrogen-bond acceptors (Lipinski definition) is 2. The van der Waals surface area contributed by atoms with E-state index < -0.39 is 0 Å². The molecule has 2 heteroatoms. The fraction of sp³-hybridized carbons (Fsp3) is 0.647. The van der Waals surface area contributed by atoms with E-state index in [2.05, 4.69) is 49.5 Å². The number of nitrogens with one attached hydrogen (secondary N) is 1. The van der Waals surface area contributed by atoms with Gasteiger partial charge in [0.25, 0.3) is 0 Å². The molecule has 0 saturated carbocycles. The van der Waals surface area contributed by atoms with Gasteiger partial charge in [0.1, 0.15) is 0 Å². The third kappa shape index (κ3) is 4.32. The Hall–Kier alpha value is -0.860. The minimum Gasteiger partial charge on any atom is -0.378 e. The van der Waals surface area contributed by atoms with Gasteiger partial charge in [-0.25, -0.2) is 0 Å². The molecule has 1 saturated heterocycles. The maximum absolute atomic E-state index is 5.72. The van der Waals surface area contributed by atoms with Gasteiger partial charge >= 0.3 is 0 Å². The summed E-state index contributed by atoms with van der Waals surface area (Å²) in [6.07, 6.45) is 5.32. The first-order valence-corrected chi connectivity index (χ1v) is 7.70. The molecule has 0 aromatic heterocycles. The average molecular weight is 261 g/mol. The maximum atomic E-state index is 5.72. The minimum absolute atomic E-state index is 0.417. The van der Waals surface area contributed by atoms with E-state index in [1.807, 2.05) is 0 Å². The Morgan fingerprint density at radius 2 is 2.11 bits per heavy atom. The van der Waals surface area contributed by atoms with Crippen LogP contribution in [0.3, 0.4) is 0 Å². The van der Waals surface area contributed by atoms with Gasteiger partial charge in [-0.3, -0.25) is 0 Å². The second-order valence-corrected chi connectivity index (χ2v) is 5.57. The molecule has 1 N–H and O–H groups in total. The number of ether oxygens (including phenoxy) is 1. The van der Waals surface area contributed by atoms with Crippen molar-refractivity contribution in [1.29, 1.82) is 0 Å². The van der Waals surface area contributed by atoms with Crippen molar-refractivity contribution >= 4 is 0 Å². The lowest BCUT2D eigenvalue weighted by molar-refractivity contribution is 0.0942. The van der Waals surface area contributed by atoms with Crippen molar-refractivity contribution in [2.24, 2.45) is 5.92 Å². The zero-order valence-electron chi connectivity index (χ0n) is 12.3. The third-order valence-corrected chi connectivity index (χ3v) is 4.24. The molecule has 0 bridgehead atoms. The lowest BCUT2D eigenvalue weighted by Gasteiger charge is -2.26. The lowest BCUT2D eigenvalue weighted by Crippen LogP contribution is -2.39. The summed E-state index contributed by atoms with van der Waals surface area (Å²) in [5.41, 5.74) is 1.45. The Morgan fingerprint density at radius 3 is 2.74 bits per heavy atom. The van der Waals surface area contributed by atoms with Gasteiger partial charge < -0.3 is 10.1 Å². The molecule has 3 atom stereocenters. The Kier molecular flexibility index (Phi) is 5.87. The highest BCUT2D eigenvalue weighted by atomic mass is 16.5. The van der Waals surface area contributed by atoms with E-state index >= 15 is 0 Å². The monoisotopic (exact) mass is 261 g/mol. The Labute approximate surface area is 117 Å². The van der Waals surface area contributed by atoms with E-state index in [0.717, 1.165) is 13.2 Å². The molecule has 3 unspecified atom stereocenters. The molecule has 2 rings (SSSR count). The summed E-state index contributed by atoms with van der Waals surface area (Å²) in [7, 11) is 0. The standard InChI is InChI=1S/C17H27NO/c1-3-18-17(16-12-13-19-14(16)2)11-7-10-15-8-5-4-6-9-15/h4-6,8-9,14,16-18H,3,7,10-13H2,1-2H3. The van der Waals surface area contributed by atoms with Crippen molar-refractivity contribution in [1.82, 2.24) is 5.32 Å². The van der Waals surface area contributed by atoms with Crippen molar-refractivity contribution in [3.63, 3.8) is 0 Å². The summed E-state index contributed by atoms with van der Waals surface area (Å²) in [5, 5.41) is 3.66. The van der Waals surface area contributed by atoms with Gasteiger partial charge in [-0.2, -0.15) is 0 Å². The summed E-state index contributed by atoms with van der Waals surface area (Å²) >= 11 is 0. The molecule has 1 aromatic carbocycles. The molecule has 0 spiro atoms. The molecule has 19 heavy (non-hydrogen) atoms. The van der Waals surface area contributed by atoms with Crippen molar-refractivity contribution < 1.29 is 4.74 Å². The van der Waals surface area contributed by atoms with Gasteiger partial charge in [0.2, 0.25) is 0 Å². The summed E-state index contributed by atoms with van der Waals surface area (Å²) in [4.78, 5) is 0.